The van der Waals surface area contributed by atoms with Crippen LogP contribution in [0.1, 0.15) is 0 Å². The maximum Gasteiger partial charge on any atom is 0.361 e. The SMILES string of the molecule is N.O=C(Nc1ccccc1)NS(=O)(=O)O. The van der Waals surface area contributed by atoms with Crippen LogP contribution < -0.4 is 16.2 Å². The van der Waals surface area contributed by atoms with Crippen molar-refractivity contribution in [2.24, 2.45) is 0 Å². The molecule has 1 aromatic carbocycles. The van der Waals surface area contributed by atoms with Crippen LogP contribution in [0.15, 0.2) is 30.3 Å². The molecule has 0 heterocycles. The number of para-hydroxylation sites is 1. The fourth-order valence-electron chi connectivity index (χ4n) is 0.795. The third kappa shape index (κ3) is 5.62. The molecule has 0 spiro atoms. The Morgan fingerprint density at radius 2 is 1.73 bits per heavy atom. The summed E-state index contributed by atoms with van der Waals surface area (Å²) in [5, 5.41) is 2.21. The second kappa shape index (κ2) is 5.29. The number of carbonyl (C=O) groups is 1. The summed E-state index contributed by atoms with van der Waals surface area (Å²) >= 11 is 0. The second-order valence-electron chi connectivity index (χ2n) is 2.40. The first kappa shape index (κ1) is 13.4. The molecule has 1 rings (SSSR count). The monoisotopic (exact) mass is 233 g/mol. The summed E-state index contributed by atoms with van der Waals surface area (Å²) in [6.07, 6.45) is 0. The molecule has 0 aliphatic carbocycles. The number of benzene rings is 1. The second-order valence-corrected chi connectivity index (χ2v) is 3.55. The number of hydrogen-bond acceptors (Lipinski definition) is 4. The van der Waals surface area contributed by atoms with Crippen LogP contribution in [0.3, 0.4) is 0 Å². The molecule has 1 aromatic rings. The average molecular weight is 233 g/mol. The predicted molar refractivity (Wildman–Crippen MR) is 55.2 cm³/mol. The highest BCUT2D eigenvalue weighted by atomic mass is 32.2. The van der Waals surface area contributed by atoms with Gasteiger partial charge in [0.1, 0.15) is 0 Å². The largest absolute Gasteiger partial charge is 0.361 e. The molecule has 0 saturated carbocycles. The zero-order valence-corrected chi connectivity index (χ0v) is 8.49. The summed E-state index contributed by atoms with van der Waals surface area (Å²) in [7, 11) is -4.51. The van der Waals surface area contributed by atoms with Gasteiger partial charge in [-0.2, -0.15) is 8.42 Å². The lowest BCUT2D eigenvalue weighted by atomic mass is 10.3. The van der Waals surface area contributed by atoms with Crippen LogP contribution in [0.4, 0.5) is 10.5 Å². The van der Waals surface area contributed by atoms with Gasteiger partial charge in [0.15, 0.2) is 0 Å². The number of urea groups is 1. The molecular formula is C7H11N3O4S. The van der Waals surface area contributed by atoms with Crippen molar-refractivity contribution in [1.29, 1.82) is 0 Å². The topological polar surface area (TPSA) is 130 Å². The molecule has 2 amide bonds. The van der Waals surface area contributed by atoms with Gasteiger partial charge in [0.05, 0.1) is 0 Å². The Labute approximate surface area is 87.0 Å². The molecule has 8 heteroatoms. The Balaban J connectivity index is 0.00000196. The highest BCUT2D eigenvalue weighted by Crippen LogP contribution is 2.04. The molecule has 6 N–H and O–H groups in total. The van der Waals surface area contributed by atoms with Gasteiger partial charge in [-0.15, -0.1) is 0 Å². The minimum atomic E-state index is -4.51. The van der Waals surface area contributed by atoms with E-state index < -0.39 is 16.3 Å². The van der Waals surface area contributed by atoms with Crippen molar-refractivity contribution < 1.29 is 17.8 Å². The fourth-order valence-corrected chi connectivity index (χ4v) is 1.08. The first-order valence-corrected chi connectivity index (χ1v) is 5.02. The van der Waals surface area contributed by atoms with Crippen molar-refractivity contribution in [3.8, 4) is 0 Å². The van der Waals surface area contributed by atoms with Crippen molar-refractivity contribution in [2.45, 2.75) is 0 Å². The lowest BCUT2D eigenvalue weighted by Gasteiger charge is -2.03. The fraction of sp³-hybridized carbons (Fsp3) is 0. The smallest absolute Gasteiger partial charge is 0.344 e. The summed E-state index contributed by atoms with van der Waals surface area (Å²) in [5.74, 6) is 0. The molecule has 0 unspecified atom stereocenters. The Bertz CT molecular complexity index is 417. The molecule has 0 fully saturated rings. The molecule has 15 heavy (non-hydrogen) atoms. The third-order valence-corrected chi connectivity index (χ3v) is 1.70. The molecule has 0 aliphatic heterocycles. The van der Waals surface area contributed by atoms with Crippen molar-refractivity contribution in [3.05, 3.63) is 30.3 Å². The van der Waals surface area contributed by atoms with Gasteiger partial charge in [-0.05, 0) is 12.1 Å². The van der Waals surface area contributed by atoms with E-state index in [1.165, 1.54) is 4.72 Å². The van der Waals surface area contributed by atoms with E-state index in [0.29, 0.717) is 5.69 Å². The Morgan fingerprint density at radius 3 is 2.20 bits per heavy atom. The lowest BCUT2D eigenvalue weighted by molar-refractivity contribution is 0.255. The lowest BCUT2D eigenvalue weighted by Crippen LogP contribution is -2.33. The predicted octanol–water partition coefficient (Wildman–Crippen LogP) is 0.773. The van der Waals surface area contributed by atoms with Gasteiger partial charge in [-0.25, -0.2) is 9.52 Å². The van der Waals surface area contributed by atoms with E-state index in [1.807, 2.05) is 0 Å². The van der Waals surface area contributed by atoms with Crippen LogP contribution in [0.5, 0.6) is 0 Å². The summed E-state index contributed by atoms with van der Waals surface area (Å²) in [5.41, 5.74) is 0.425. The van der Waals surface area contributed by atoms with E-state index in [-0.39, 0.29) is 6.15 Å². The van der Waals surface area contributed by atoms with Gasteiger partial charge in [-0.1, -0.05) is 18.2 Å². The van der Waals surface area contributed by atoms with E-state index >= 15 is 0 Å². The van der Waals surface area contributed by atoms with Gasteiger partial charge < -0.3 is 11.5 Å². The van der Waals surface area contributed by atoms with Crippen molar-refractivity contribution in [1.82, 2.24) is 10.9 Å². The van der Waals surface area contributed by atoms with Crippen LogP contribution in [0.25, 0.3) is 0 Å². The Kier molecular flexibility index (Phi) is 4.71. The Hall–Kier alpha value is -1.64. The first-order valence-electron chi connectivity index (χ1n) is 3.58. The van der Waals surface area contributed by atoms with Crippen molar-refractivity contribution >= 4 is 22.0 Å². The van der Waals surface area contributed by atoms with E-state index in [0.717, 1.165) is 0 Å². The van der Waals surface area contributed by atoms with Crippen LogP contribution in [-0.2, 0) is 10.3 Å². The minimum absolute atomic E-state index is 0. The molecule has 0 saturated heterocycles. The third-order valence-electron chi connectivity index (χ3n) is 1.25. The molecule has 0 aliphatic rings. The number of hydrogen-bond donors (Lipinski definition) is 4. The molecular weight excluding hydrogens is 222 g/mol. The molecule has 84 valence electrons. The van der Waals surface area contributed by atoms with E-state index in [1.54, 1.807) is 30.3 Å². The van der Waals surface area contributed by atoms with Crippen LogP contribution >= 0.6 is 0 Å². The summed E-state index contributed by atoms with van der Waals surface area (Å²) in [6, 6.07) is 7.21. The van der Waals surface area contributed by atoms with Gasteiger partial charge in [0.25, 0.3) is 0 Å². The zero-order chi connectivity index (χ0) is 10.6. The van der Waals surface area contributed by atoms with Crippen molar-refractivity contribution in [2.75, 3.05) is 5.32 Å². The molecule has 0 atom stereocenters. The maximum atomic E-state index is 10.9. The number of rotatable bonds is 2. The van der Waals surface area contributed by atoms with Crippen LogP contribution in [0, 0.1) is 0 Å². The number of anilines is 1. The van der Waals surface area contributed by atoms with E-state index in [4.69, 9.17) is 4.55 Å². The van der Waals surface area contributed by atoms with Crippen molar-refractivity contribution in [3.63, 3.8) is 0 Å². The summed E-state index contributed by atoms with van der Waals surface area (Å²) < 4.78 is 30.0. The normalized spacial score (nSPS) is 9.93. The number of carbonyl (C=O) groups excluding carboxylic acids is 1. The van der Waals surface area contributed by atoms with Gasteiger partial charge in [0, 0.05) is 5.69 Å². The first-order chi connectivity index (χ1) is 6.47. The Morgan fingerprint density at radius 1 is 1.20 bits per heavy atom. The molecule has 7 nitrogen and oxygen atoms in total. The van der Waals surface area contributed by atoms with Gasteiger partial charge in [-0.3, -0.25) is 4.55 Å². The number of nitrogens with one attached hydrogen (secondary N) is 2. The van der Waals surface area contributed by atoms with Gasteiger partial charge >= 0.3 is 16.3 Å². The quantitative estimate of drug-likeness (QED) is 0.560. The average Bonchev–Trinajstić information content (AvgIpc) is 2.02. The van der Waals surface area contributed by atoms with Crippen LogP contribution in [0.2, 0.25) is 0 Å². The maximum absolute atomic E-state index is 10.9. The molecule has 0 radical (unpaired) electrons. The summed E-state index contributed by atoms with van der Waals surface area (Å²) in [4.78, 5) is 10.9. The summed E-state index contributed by atoms with van der Waals surface area (Å²) in [6.45, 7) is 0. The van der Waals surface area contributed by atoms with E-state index in [2.05, 4.69) is 5.32 Å². The zero-order valence-electron chi connectivity index (χ0n) is 7.67. The van der Waals surface area contributed by atoms with Gasteiger partial charge in [0.2, 0.25) is 0 Å². The standard InChI is InChI=1S/C7H8N2O4S.H3N/c10-7(9-14(11,12)13)8-6-4-2-1-3-5-6;/h1-5H,(H2,8,9,10)(H,11,12,13);1H3. The molecule has 0 aromatic heterocycles. The van der Waals surface area contributed by atoms with E-state index in [9.17, 15) is 13.2 Å². The minimum Gasteiger partial charge on any atom is -0.344 e. The van der Waals surface area contributed by atoms with Crippen LogP contribution in [-0.4, -0.2) is 19.0 Å². The number of amides is 2. The molecule has 0 bridgehead atoms. The highest BCUT2D eigenvalue weighted by Gasteiger charge is 2.09. The highest BCUT2D eigenvalue weighted by molar-refractivity contribution is 7.84.